The van der Waals surface area contributed by atoms with Crippen molar-refractivity contribution in [2.24, 2.45) is 5.92 Å². The Morgan fingerprint density at radius 1 is 1.04 bits per heavy atom. The molecule has 6 nitrogen and oxygen atoms in total. The van der Waals surface area contributed by atoms with Crippen LogP contribution in [0.1, 0.15) is 32.6 Å². The Kier molecular flexibility index (Phi) is 5.89. The summed E-state index contributed by atoms with van der Waals surface area (Å²) in [5.41, 5.74) is 0. The molecule has 6 heteroatoms. The van der Waals surface area contributed by atoms with E-state index in [0.29, 0.717) is 6.42 Å². The molecule has 0 spiro atoms. The molecule has 2 saturated heterocycles. The second-order valence-electron chi connectivity index (χ2n) is 6.91. The molecule has 2 aliphatic rings. The topological polar surface area (TPSA) is 56.8 Å². The summed E-state index contributed by atoms with van der Waals surface area (Å²) in [5, 5.41) is 0. The summed E-state index contributed by atoms with van der Waals surface area (Å²) in [7, 11) is 0. The molecule has 0 radical (unpaired) electrons. The van der Waals surface area contributed by atoms with Gasteiger partial charge in [0.2, 0.25) is 11.8 Å². The number of carbonyl (C=O) groups is 2. The van der Waals surface area contributed by atoms with Gasteiger partial charge in [-0.3, -0.25) is 9.59 Å². The van der Waals surface area contributed by atoms with E-state index >= 15 is 0 Å². The number of hydrogen-bond donors (Lipinski definition) is 0. The van der Waals surface area contributed by atoms with Crippen molar-refractivity contribution in [3.8, 4) is 0 Å². The second kappa shape index (κ2) is 8.32. The molecule has 0 saturated carbocycles. The monoisotopic (exact) mass is 344 g/mol. The lowest BCUT2D eigenvalue weighted by atomic mass is 9.94. The summed E-state index contributed by atoms with van der Waals surface area (Å²) >= 11 is 0. The third-order valence-corrected chi connectivity index (χ3v) is 5.23. The Balaban J connectivity index is 1.46. The lowest BCUT2D eigenvalue weighted by molar-refractivity contribution is -0.141. The molecule has 3 heterocycles. The maximum atomic E-state index is 12.8. The van der Waals surface area contributed by atoms with E-state index in [4.69, 9.17) is 0 Å². The number of anilines is 1. The molecule has 0 aliphatic carbocycles. The number of pyridine rings is 1. The first-order valence-corrected chi connectivity index (χ1v) is 9.41. The smallest absolute Gasteiger partial charge is 0.225 e. The molecule has 2 amide bonds. The van der Waals surface area contributed by atoms with E-state index in [9.17, 15) is 9.59 Å². The van der Waals surface area contributed by atoms with E-state index in [1.807, 2.05) is 34.9 Å². The van der Waals surface area contributed by atoms with Crippen molar-refractivity contribution in [2.75, 3.05) is 44.2 Å². The number of aromatic nitrogens is 1. The summed E-state index contributed by atoms with van der Waals surface area (Å²) in [5.74, 6) is 1.56. The largest absolute Gasteiger partial charge is 0.353 e. The Morgan fingerprint density at radius 2 is 1.76 bits per heavy atom. The van der Waals surface area contributed by atoms with Crippen LogP contribution in [0.15, 0.2) is 24.4 Å². The van der Waals surface area contributed by atoms with Crippen LogP contribution < -0.4 is 4.90 Å². The summed E-state index contributed by atoms with van der Waals surface area (Å²) in [6.07, 6.45) is 4.91. The van der Waals surface area contributed by atoms with Crippen LogP contribution in [0.25, 0.3) is 0 Å². The molecule has 25 heavy (non-hydrogen) atoms. The first-order chi connectivity index (χ1) is 12.2. The zero-order chi connectivity index (χ0) is 17.6. The quantitative estimate of drug-likeness (QED) is 0.835. The van der Waals surface area contributed by atoms with Crippen molar-refractivity contribution in [3.63, 3.8) is 0 Å². The highest BCUT2D eigenvalue weighted by Gasteiger charge is 2.31. The van der Waals surface area contributed by atoms with Crippen molar-refractivity contribution in [1.82, 2.24) is 14.8 Å². The van der Waals surface area contributed by atoms with Gasteiger partial charge in [0, 0.05) is 57.8 Å². The molecular formula is C19H28N4O2. The third-order valence-electron chi connectivity index (χ3n) is 5.23. The molecule has 1 aromatic rings. The average molecular weight is 344 g/mol. The molecule has 3 rings (SSSR count). The zero-order valence-electron chi connectivity index (χ0n) is 15.1. The minimum absolute atomic E-state index is 0.0760. The summed E-state index contributed by atoms with van der Waals surface area (Å²) < 4.78 is 0. The fourth-order valence-corrected chi connectivity index (χ4v) is 3.70. The van der Waals surface area contributed by atoms with Gasteiger partial charge in [0.25, 0.3) is 0 Å². The second-order valence-corrected chi connectivity index (χ2v) is 6.91. The van der Waals surface area contributed by atoms with E-state index in [0.717, 1.165) is 64.3 Å². The first-order valence-electron chi connectivity index (χ1n) is 9.41. The Morgan fingerprint density at radius 3 is 2.36 bits per heavy atom. The number of hydrogen-bond acceptors (Lipinski definition) is 4. The maximum Gasteiger partial charge on any atom is 0.225 e. The summed E-state index contributed by atoms with van der Waals surface area (Å²) in [6.45, 7) is 6.65. The van der Waals surface area contributed by atoms with Crippen molar-refractivity contribution < 1.29 is 9.59 Å². The molecule has 136 valence electrons. The SMILES string of the molecule is CCCC(=O)N1CCC(C(=O)N2CCN(c3ccccn3)CC2)CC1. The number of likely N-dealkylation sites (tertiary alicyclic amines) is 1. The highest BCUT2D eigenvalue weighted by molar-refractivity contribution is 5.80. The zero-order valence-corrected chi connectivity index (χ0v) is 15.1. The number of piperazine rings is 1. The van der Waals surface area contributed by atoms with Gasteiger partial charge < -0.3 is 14.7 Å². The van der Waals surface area contributed by atoms with E-state index in [1.54, 1.807) is 6.20 Å². The van der Waals surface area contributed by atoms with Gasteiger partial charge in [-0.2, -0.15) is 0 Å². The van der Waals surface area contributed by atoms with Crippen molar-refractivity contribution >= 4 is 17.6 Å². The van der Waals surface area contributed by atoms with Gasteiger partial charge >= 0.3 is 0 Å². The predicted octanol–water partition coefficient (Wildman–Crippen LogP) is 1.77. The Hall–Kier alpha value is -2.11. The lowest BCUT2D eigenvalue weighted by Crippen LogP contribution is -2.52. The standard InChI is InChI=1S/C19H28N4O2/c1-2-5-18(24)22-10-7-16(8-11-22)19(25)23-14-12-21(13-15-23)17-6-3-4-9-20-17/h3-4,6,9,16H,2,5,7-8,10-15H2,1H3. The van der Waals surface area contributed by atoms with Gasteiger partial charge in [-0.25, -0.2) is 4.98 Å². The van der Waals surface area contributed by atoms with Gasteiger partial charge in [0.1, 0.15) is 5.82 Å². The van der Waals surface area contributed by atoms with Crippen LogP contribution in [0, 0.1) is 5.92 Å². The van der Waals surface area contributed by atoms with Crippen LogP contribution in [0.4, 0.5) is 5.82 Å². The number of nitrogens with zero attached hydrogens (tertiary/aromatic N) is 4. The molecular weight excluding hydrogens is 316 g/mol. The predicted molar refractivity (Wildman–Crippen MR) is 97.2 cm³/mol. The minimum atomic E-state index is 0.0760. The number of carbonyl (C=O) groups excluding carboxylic acids is 2. The molecule has 0 bridgehead atoms. The lowest BCUT2D eigenvalue weighted by Gasteiger charge is -2.39. The van der Waals surface area contributed by atoms with Gasteiger partial charge in [-0.1, -0.05) is 13.0 Å². The normalized spacial score (nSPS) is 19.2. The molecule has 0 N–H and O–H groups in total. The molecule has 2 fully saturated rings. The van der Waals surface area contributed by atoms with Crippen LogP contribution in [-0.2, 0) is 9.59 Å². The molecule has 0 atom stereocenters. The van der Waals surface area contributed by atoms with Crippen LogP contribution in [0.3, 0.4) is 0 Å². The van der Waals surface area contributed by atoms with E-state index in [1.165, 1.54) is 0 Å². The fraction of sp³-hybridized carbons (Fsp3) is 0.632. The van der Waals surface area contributed by atoms with Crippen LogP contribution in [-0.4, -0.2) is 65.9 Å². The van der Waals surface area contributed by atoms with E-state index in [-0.39, 0.29) is 17.7 Å². The van der Waals surface area contributed by atoms with Crippen LogP contribution >= 0.6 is 0 Å². The number of amides is 2. The van der Waals surface area contributed by atoms with Crippen LogP contribution in [0.5, 0.6) is 0 Å². The fourth-order valence-electron chi connectivity index (χ4n) is 3.70. The van der Waals surface area contributed by atoms with Crippen molar-refractivity contribution in [3.05, 3.63) is 24.4 Å². The number of rotatable bonds is 4. The first kappa shape index (κ1) is 17.7. The van der Waals surface area contributed by atoms with Crippen molar-refractivity contribution in [1.29, 1.82) is 0 Å². The van der Waals surface area contributed by atoms with Gasteiger partial charge in [0.15, 0.2) is 0 Å². The molecule has 0 aromatic carbocycles. The molecule has 1 aromatic heterocycles. The molecule has 0 unspecified atom stereocenters. The third kappa shape index (κ3) is 4.30. The van der Waals surface area contributed by atoms with Gasteiger partial charge in [0.05, 0.1) is 0 Å². The van der Waals surface area contributed by atoms with Gasteiger partial charge in [-0.05, 0) is 31.4 Å². The summed E-state index contributed by atoms with van der Waals surface area (Å²) in [4.78, 5) is 35.3. The maximum absolute atomic E-state index is 12.8. The van der Waals surface area contributed by atoms with Crippen LogP contribution in [0.2, 0.25) is 0 Å². The van der Waals surface area contributed by atoms with E-state index in [2.05, 4.69) is 9.88 Å². The number of piperidine rings is 1. The van der Waals surface area contributed by atoms with Gasteiger partial charge in [-0.15, -0.1) is 0 Å². The minimum Gasteiger partial charge on any atom is -0.353 e. The molecule has 2 aliphatic heterocycles. The van der Waals surface area contributed by atoms with Crippen molar-refractivity contribution in [2.45, 2.75) is 32.6 Å². The Labute approximate surface area is 149 Å². The Bertz CT molecular complexity index is 576. The van der Waals surface area contributed by atoms with E-state index < -0.39 is 0 Å². The highest BCUT2D eigenvalue weighted by atomic mass is 16.2. The highest BCUT2D eigenvalue weighted by Crippen LogP contribution is 2.22. The average Bonchev–Trinajstić information content (AvgIpc) is 2.68. The summed E-state index contributed by atoms with van der Waals surface area (Å²) in [6, 6.07) is 5.93.